The van der Waals surface area contributed by atoms with E-state index in [2.05, 4.69) is 10.3 Å². The Labute approximate surface area is 176 Å². The lowest BCUT2D eigenvalue weighted by molar-refractivity contribution is -0.137. The van der Waals surface area contributed by atoms with E-state index in [4.69, 9.17) is 4.74 Å². The number of nitrogens with zero attached hydrogens (tertiary/aromatic N) is 2. The molecule has 0 spiro atoms. The minimum atomic E-state index is -1.29. The van der Waals surface area contributed by atoms with Gasteiger partial charge in [0.1, 0.15) is 18.1 Å². The standard InChI is InChI=1S/C22H19F2N3O4/c1-31-16-9-7-15(8-10-16)26-21-17(5-3-11-25-21)22(30)27(13-19(28)29)12-14-4-2-6-18(23)20(14)24/h2-11H,12-13H2,1H3,(H,25,26)(H,28,29). The number of halogens is 2. The van der Waals surface area contributed by atoms with E-state index in [1.165, 1.54) is 37.6 Å². The molecule has 3 aromatic rings. The summed E-state index contributed by atoms with van der Waals surface area (Å²) in [5.74, 6) is -3.37. The Bertz CT molecular complexity index is 1090. The van der Waals surface area contributed by atoms with Crippen molar-refractivity contribution in [3.05, 3.63) is 83.6 Å². The van der Waals surface area contributed by atoms with Crippen LogP contribution in [0, 0.1) is 11.6 Å². The number of carbonyl (C=O) groups is 2. The van der Waals surface area contributed by atoms with Crippen LogP contribution in [0.4, 0.5) is 20.3 Å². The number of aromatic nitrogens is 1. The van der Waals surface area contributed by atoms with Crippen LogP contribution in [0.2, 0.25) is 0 Å². The molecule has 0 aliphatic heterocycles. The molecule has 1 heterocycles. The molecule has 2 N–H and O–H groups in total. The number of benzene rings is 2. The molecule has 9 heteroatoms. The average Bonchev–Trinajstić information content (AvgIpc) is 2.76. The van der Waals surface area contributed by atoms with E-state index < -0.39 is 36.6 Å². The van der Waals surface area contributed by atoms with Gasteiger partial charge in [-0.1, -0.05) is 12.1 Å². The summed E-state index contributed by atoms with van der Waals surface area (Å²) in [5, 5.41) is 12.2. The average molecular weight is 427 g/mol. The van der Waals surface area contributed by atoms with Crippen LogP contribution < -0.4 is 10.1 Å². The monoisotopic (exact) mass is 427 g/mol. The molecule has 31 heavy (non-hydrogen) atoms. The number of hydrogen-bond acceptors (Lipinski definition) is 5. The van der Waals surface area contributed by atoms with Gasteiger partial charge in [0.15, 0.2) is 11.6 Å². The first-order chi connectivity index (χ1) is 14.9. The number of carboxylic acid groups (broad SMARTS) is 1. The van der Waals surface area contributed by atoms with Gasteiger partial charge in [-0.15, -0.1) is 0 Å². The number of anilines is 2. The highest BCUT2D eigenvalue weighted by molar-refractivity contribution is 6.00. The van der Waals surface area contributed by atoms with Crippen molar-refractivity contribution in [1.82, 2.24) is 9.88 Å². The molecule has 1 aromatic heterocycles. The van der Waals surface area contributed by atoms with Gasteiger partial charge in [0.25, 0.3) is 5.91 Å². The lowest BCUT2D eigenvalue weighted by Gasteiger charge is -2.22. The van der Waals surface area contributed by atoms with Gasteiger partial charge >= 0.3 is 5.97 Å². The van der Waals surface area contributed by atoms with Crippen molar-refractivity contribution in [1.29, 1.82) is 0 Å². The molecule has 0 bridgehead atoms. The zero-order valence-corrected chi connectivity index (χ0v) is 16.5. The Morgan fingerprint density at radius 1 is 1.10 bits per heavy atom. The maximum atomic E-state index is 14.1. The summed E-state index contributed by atoms with van der Waals surface area (Å²) in [6, 6.07) is 13.4. The van der Waals surface area contributed by atoms with Crippen LogP contribution in [0.1, 0.15) is 15.9 Å². The zero-order chi connectivity index (χ0) is 22.4. The number of carbonyl (C=O) groups excluding carboxylic acids is 1. The fourth-order valence-electron chi connectivity index (χ4n) is 2.90. The van der Waals surface area contributed by atoms with Gasteiger partial charge in [0.05, 0.1) is 12.7 Å². The number of nitrogens with one attached hydrogen (secondary N) is 1. The van der Waals surface area contributed by atoms with E-state index >= 15 is 0 Å². The van der Waals surface area contributed by atoms with Crippen molar-refractivity contribution < 1.29 is 28.2 Å². The van der Waals surface area contributed by atoms with Gasteiger partial charge in [-0.25, -0.2) is 13.8 Å². The highest BCUT2D eigenvalue weighted by Crippen LogP contribution is 2.23. The molecule has 0 saturated heterocycles. The first-order valence-corrected chi connectivity index (χ1v) is 9.19. The molecule has 0 saturated carbocycles. The summed E-state index contributed by atoms with van der Waals surface area (Å²) in [5.41, 5.74) is 0.564. The Balaban J connectivity index is 1.90. The first-order valence-electron chi connectivity index (χ1n) is 9.19. The summed E-state index contributed by atoms with van der Waals surface area (Å²) in [4.78, 5) is 29.5. The molecule has 0 fully saturated rings. The first kappa shape index (κ1) is 21.7. The second-order valence-electron chi connectivity index (χ2n) is 6.52. The fourth-order valence-corrected chi connectivity index (χ4v) is 2.90. The van der Waals surface area contributed by atoms with Crippen molar-refractivity contribution in [2.45, 2.75) is 6.54 Å². The quantitative estimate of drug-likeness (QED) is 0.568. The molecule has 0 aliphatic carbocycles. The summed E-state index contributed by atoms with van der Waals surface area (Å²) >= 11 is 0. The summed E-state index contributed by atoms with van der Waals surface area (Å²) in [6.07, 6.45) is 1.47. The number of rotatable bonds is 8. The Morgan fingerprint density at radius 2 is 1.84 bits per heavy atom. The fraction of sp³-hybridized carbons (Fsp3) is 0.136. The second-order valence-corrected chi connectivity index (χ2v) is 6.52. The van der Waals surface area contributed by atoms with Gasteiger partial charge in [0, 0.05) is 24.0 Å². The van der Waals surface area contributed by atoms with Crippen molar-refractivity contribution in [2.75, 3.05) is 19.0 Å². The van der Waals surface area contributed by atoms with E-state index in [1.807, 2.05) is 0 Å². The molecule has 2 aromatic carbocycles. The topological polar surface area (TPSA) is 91.8 Å². The van der Waals surface area contributed by atoms with E-state index in [1.54, 1.807) is 24.3 Å². The number of amides is 1. The second kappa shape index (κ2) is 9.66. The van der Waals surface area contributed by atoms with E-state index in [9.17, 15) is 23.5 Å². The molecular formula is C22H19F2N3O4. The minimum absolute atomic E-state index is 0.0800. The van der Waals surface area contributed by atoms with Crippen molar-refractivity contribution in [3.63, 3.8) is 0 Å². The predicted molar refractivity (Wildman–Crippen MR) is 109 cm³/mol. The van der Waals surface area contributed by atoms with Gasteiger partial charge < -0.3 is 20.1 Å². The lowest BCUT2D eigenvalue weighted by Crippen LogP contribution is -2.36. The number of carboxylic acids is 1. The predicted octanol–water partition coefficient (Wildman–Crippen LogP) is 3.84. The van der Waals surface area contributed by atoms with Crippen LogP contribution in [0.25, 0.3) is 0 Å². The molecule has 0 unspecified atom stereocenters. The third-order valence-corrected chi connectivity index (χ3v) is 4.40. The molecule has 0 atom stereocenters. The molecule has 3 rings (SSSR count). The van der Waals surface area contributed by atoms with Crippen molar-refractivity contribution in [2.24, 2.45) is 0 Å². The zero-order valence-electron chi connectivity index (χ0n) is 16.5. The third kappa shape index (κ3) is 5.33. The van der Waals surface area contributed by atoms with Gasteiger partial charge in [-0.2, -0.15) is 0 Å². The maximum absolute atomic E-state index is 14.1. The molecule has 1 amide bonds. The molecule has 7 nitrogen and oxygen atoms in total. The Kier molecular flexibility index (Phi) is 6.76. The summed E-state index contributed by atoms with van der Waals surface area (Å²) in [6.45, 7) is -1.13. The largest absolute Gasteiger partial charge is 0.497 e. The van der Waals surface area contributed by atoms with Crippen LogP contribution in [-0.4, -0.2) is 40.5 Å². The Morgan fingerprint density at radius 3 is 2.52 bits per heavy atom. The lowest BCUT2D eigenvalue weighted by atomic mass is 10.1. The van der Waals surface area contributed by atoms with Gasteiger partial charge in [-0.05, 0) is 42.5 Å². The van der Waals surface area contributed by atoms with E-state index in [0.717, 1.165) is 11.0 Å². The highest BCUT2D eigenvalue weighted by atomic mass is 19.2. The Hall–Kier alpha value is -4.01. The number of hydrogen-bond donors (Lipinski definition) is 2. The molecular weight excluding hydrogens is 408 g/mol. The number of pyridine rings is 1. The number of ether oxygens (including phenoxy) is 1. The summed E-state index contributed by atoms with van der Waals surface area (Å²) < 4.78 is 32.8. The molecule has 0 radical (unpaired) electrons. The normalized spacial score (nSPS) is 10.4. The smallest absolute Gasteiger partial charge is 0.323 e. The summed E-state index contributed by atoms with van der Waals surface area (Å²) in [7, 11) is 1.54. The van der Waals surface area contributed by atoms with Crippen molar-refractivity contribution in [3.8, 4) is 5.75 Å². The minimum Gasteiger partial charge on any atom is -0.497 e. The third-order valence-electron chi connectivity index (χ3n) is 4.40. The van der Waals surface area contributed by atoms with Crippen LogP contribution in [0.15, 0.2) is 60.8 Å². The van der Waals surface area contributed by atoms with Gasteiger partial charge in [0.2, 0.25) is 0 Å². The van der Waals surface area contributed by atoms with Crippen molar-refractivity contribution >= 4 is 23.4 Å². The number of methoxy groups -OCH3 is 1. The van der Waals surface area contributed by atoms with Crippen LogP contribution in [-0.2, 0) is 11.3 Å². The highest BCUT2D eigenvalue weighted by Gasteiger charge is 2.24. The maximum Gasteiger partial charge on any atom is 0.323 e. The number of aliphatic carboxylic acids is 1. The van der Waals surface area contributed by atoms with Gasteiger partial charge in [-0.3, -0.25) is 9.59 Å². The van der Waals surface area contributed by atoms with Crippen LogP contribution in [0.3, 0.4) is 0 Å². The van der Waals surface area contributed by atoms with Crippen LogP contribution in [0.5, 0.6) is 5.75 Å². The van der Waals surface area contributed by atoms with E-state index in [0.29, 0.717) is 11.4 Å². The SMILES string of the molecule is COc1ccc(Nc2ncccc2C(=O)N(CC(=O)O)Cc2cccc(F)c2F)cc1. The molecule has 0 aliphatic rings. The van der Waals surface area contributed by atoms with E-state index in [-0.39, 0.29) is 16.9 Å². The van der Waals surface area contributed by atoms with Crippen LogP contribution >= 0.6 is 0 Å². The molecule has 160 valence electrons.